The summed E-state index contributed by atoms with van der Waals surface area (Å²) in [6, 6.07) is 5.98. The van der Waals surface area contributed by atoms with Gasteiger partial charge in [0.05, 0.1) is 6.61 Å². The topological polar surface area (TPSA) is 47.6 Å². The molecule has 4 heteroatoms. The maximum Gasteiger partial charge on any atom is 0.407 e. The van der Waals surface area contributed by atoms with Crippen molar-refractivity contribution in [1.29, 1.82) is 0 Å². The summed E-state index contributed by atoms with van der Waals surface area (Å²) in [5.74, 6) is 0.955. The fourth-order valence-electron chi connectivity index (χ4n) is 1.84. The molecule has 18 heavy (non-hydrogen) atoms. The van der Waals surface area contributed by atoms with Crippen molar-refractivity contribution in [2.75, 3.05) is 6.61 Å². The highest BCUT2D eigenvalue weighted by molar-refractivity contribution is 5.67. The van der Waals surface area contributed by atoms with Crippen LogP contribution in [0.5, 0.6) is 5.75 Å². The first-order valence-corrected chi connectivity index (χ1v) is 6.15. The van der Waals surface area contributed by atoms with Gasteiger partial charge in [-0.1, -0.05) is 12.1 Å². The molecule has 1 heterocycles. The number of carbonyl (C=O) groups is 1. The van der Waals surface area contributed by atoms with Gasteiger partial charge in [0, 0.05) is 13.0 Å². The van der Waals surface area contributed by atoms with Crippen LogP contribution in [0, 0.1) is 0 Å². The van der Waals surface area contributed by atoms with E-state index in [2.05, 4.69) is 11.4 Å². The molecule has 0 spiro atoms. The lowest BCUT2D eigenvalue weighted by Crippen LogP contribution is -2.32. The molecule has 1 aliphatic rings. The minimum atomic E-state index is -0.462. The SMILES string of the molecule is CC(C)(C)OC(=O)NCc1ccc2c(c1)CCO2. The Balaban J connectivity index is 1.89. The van der Waals surface area contributed by atoms with Crippen LogP contribution in [0.2, 0.25) is 0 Å². The quantitative estimate of drug-likeness (QED) is 0.876. The summed E-state index contributed by atoms with van der Waals surface area (Å²) in [7, 11) is 0. The van der Waals surface area contributed by atoms with Gasteiger partial charge in [-0.25, -0.2) is 4.79 Å². The zero-order chi connectivity index (χ0) is 13.2. The number of carbonyl (C=O) groups excluding carboxylic acids is 1. The third-order valence-corrected chi connectivity index (χ3v) is 2.59. The number of rotatable bonds is 2. The van der Waals surface area contributed by atoms with E-state index >= 15 is 0 Å². The van der Waals surface area contributed by atoms with Gasteiger partial charge in [0.1, 0.15) is 11.4 Å². The average Bonchev–Trinajstić information content (AvgIpc) is 2.71. The fourth-order valence-corrected chi connectivity index (χ4v) is 1.84. The van der Waals surface area contributed by atoms with E-state index < -0.39 is 5.60 Å². The van der Waals surface area contributed by atoms with Crippen molar-refractivity contribution in [3.63, 3.8) is 0 Å². The molecule has 0 unspecified atom stereocenters. The number of ether oxygens (including phenoxy) is 2. The van der Waals surface area contributed by atoms with Gasteiger partial charge in [-0.2, -0.15) is 0 Å². The summed E-state index contributed by atoms with van der Waals surface area (Å²) >= 11 is 0. The van der Waals surface area contributed by atoms with E-state index in [4.69, 9.17) is 9.47 Å². The van der Waals surface area contributed by atoms with Gasteiger partial charge >= 0.3 is 6.09 Å². The van der Waals surface area contributed by atoms with E-state index in [0.29, 0.717) is 6.54 Å². The Kier molecular flexibility index (Phi) is 3.45. The smallest absolute Gasteiger partial charge is 0.407 e. The molecule has 1 aromatic rings. The number of hydrogen-bond acceptors (Lipinski definition) is 3. The normalized spacial score (nSPS) is 13.7. The molecule has 2 rings (SSSR count). The van der Waals surface area contributed by atoms with Crippen molar-refractivity contribution in [3.8, 4) is 5.75 Å². The van der Waals surface area contributed by atoms with Crippen LogP contribution >= 0.6 is 0 Å². The molecule has 0 atom stereocenters. The minimum absolute atomic E-state index is 0.390. The van der Waals surface area contributed by atoms with Crippen LogP contribution in [0.1, 0.15) is 31.9 Å². The molecule has 0 saturated heterocycles. The number of hydrogen-bond donors (Lipinski definition) is 1. The van der Waals surface area contributed by atoms with Crippen LogP contribution in [-0.4, -0.2) is 18.3 Å². The first-order chi connectivity index (χ1) is 8.44. The molecule has 1 aromatic carbocycles. The highest BCUT2D eigenvalue weighted by Gasteiger charge is 2.16. The number of fused-ring (bicyclic) bond motifs is 1. The third kappa shape index (κ3) is 3.39. The number of nitrogens with one attached hydrogen (secondary N) is 1. The van der Waals surface area contributed by atoms with Crippen LogP contribution < -0.4 is 10.1 Å². The minimum Gasteiger partial charge on any atom is -0.493 e. The highest BCUT2D eigenvalue weighted by atomic mass is 16.6. The van der Waals surface area contributed by atoms with Gasteiger partial charge in [-0.3, -0.25) is 0 Å². The molecule has 0 fully saturated rings. The Morgan fingerprint density at radius 3 is 2.94 bits per heavy atom. The molecular formula is C14H19NO3. The van der Waals surface area contributed by atoms with E-state index in [1.165, 1.54) is 5.56 Å². The summed E-state index contributed by atoms with van der Waals surface area (Å²) in [6.45, 7) is 6.76. The van der Waals surface area contributed by atoms with Gasteiger partial charge in [0.25, 0.3) is 0 Å². The van der Waals surface area contributed by atoms with Crippen molar-refractivity contribution in [1.82, 2.24) is 5.32 Å². The molecule has 4 nitrogen and oxygen atoms in total. The van der Waals surface area contributed by atoms with Crippen LogP contribution in [0.15, 0.2) is 18.2 Å². The summed E-state index contributed by atoms with van der Waals surface area (Å²) in [6.07, 6.45) is 0.551. The summed E-state index contributed by atoms with van der Waals surface area (Å²) < 4.78 is 10.6. The second-order valence-corrected chi connectivity index (χ2v) is 5.40. The average molecular weight is 249 g/mol. The Hall–Kier alpha value is -1.71. The van der Waals surface area contributed by atoms with Gasteiger partial charge < -0.3 is 14.8 Å². The van der Waals surface area contributed by atoms with E-state index in [1.54, 1.807) is 0 Å². The third-order valence-electron chi connectivity index (χ3n) is 2.59. The van der Waals surface area contributed by atoms with Crippen LogP contribution in [0.3, 0.4) is 0 Å². The highest BCUT2D eigenvalue weighted by Crippen LogP contribution is 2.25. The summed E-state index contributed by atoms with van der Waals surface area (Å²) in [5.41, 5.74) is 1.80. The largest absolute Gasteiger partial charge is 0.493 e. The second-order valence-electron chi connectivity index (χ2n) is 5.40. The molecule has 0 bridgehead atoms. The predicted molar refractivity (Wildman–Crippen MR) is 68.7 cm³/mol. The van der Waals surface area contributed by atoms with Crippen LogP contribution in [0.4, 0.5) is 4.79 Å². The first-order valence-electron chi connectivity index (χ1n) is 6.15. The van der Waals surface area contributed by atoms with Crippen molar-refractivity contribution in [2.45, 2.75) is 39.3 Å². The maximum absolute atomic E-state index is 11.5. The zero-order valence-corrected chi connectivity index (χ0v) is 11.1. The lowest BCUT2D eigenvalue weighted by molar-refractivity contribution is 0.0523. The Morgan fingerprint density at radius 1 is 1.44 bits per heavy atom. The number of alkyl carbamates (subject to hydrolysis) is 1. The Bertz CT molecular complexity index is 449. The van der Waals surface area contributed by atoms with Crippen molar-refractivity contribution in [3.05, 3.63) is 29.3 Å². The molecule has 98 valence electrons. The van der Waals surface area contributed by atoms with Gasteiger partial charge in [-0.15, -0.1) is 0 Å². The predicted octanol–water partition coefficient (Wildman–Crippen LogP) is 2.65. The lowest BCUT2D eigenvalue weighted by Gasteiger charge is -2.19. The van der Waals surface area contributed by atoms with E-state index in [-0.39, 0.29) is 6.09 Å². The fraction of sp³-hybridized carbons (Fsp3) is 0.500. The first kappa shape index (κ1) is 12.7. The Labute approximate surface area is 107 Å². The van der Waals surface area contributed by atoms with Crippen molar-refractivity contribution >= 4 is 6.09 Å². The van der Waals surface area contributed by atoms with E-state index in [9.17, 15) is 4.79 Å². The van der Waals surface area contributed by atoms with Crippen LogP contribution in [-0.2, 0) is 17.7 Å². The second kappa shape index (κ2) is 4.88. The van der Waals surface area contributed by atoms with E-state index in [0.717, 1.165) is 24.3 Å². The lowest BCUT2D eigenvalue weighted by atomic mass is 10.1. The molecular weight excluding hydrogens is 230 g/mol. The Morgan fingerprint density at radius 2 is 2.22 bits per heavy atom. The maximum atomic E-state index is 11.5. The van der Waals surface area contributed by atoms with Gasteiger partial charge in [-0.05, 0) is 38.0 Å². The zero-order valence-electron chi connectivity index (χ0n) is 11.1. The standard InChI is InChI=1S/C14H19NO3/c1-14(2,3)18-13(16)15-9-10-4-5-12-11(8-10)6-7-17-12/h4-5,8H,6-7,9H2,1-3H3,(H,15,16). The molecule has 1 aliphatic heterocycles. The van der Waals surface area contributed by atoms with Crippen molar-refractivity contribution < 1.29 is 14.3 Å². The van der Waals surface area contributed by atoms with Crippen molar-refractivity contribution in [2.24, 2.45) is 0 Å². The number of amides is 1. The molecule has 0 aliphatic carbocycles. The number of benzene rings is 1. The molecule has 1 amide bonds. The molecule has 0 saturated carbocycles. The summed E-state index contributed by atoms with van der Waals surface area (Å²) in [4.78, 5) is 11.5. The molecule has 0 radical (unpaired) electrons. The van der Waals surface area contributed by atoms with Gasteiger partial charge in [0.15, 0.2) is 0 Å². The molecule has 0 aromatic heterocycles. The van der Waals surface area contributed by atoms with E-state index in [1.807, 2.05) is 32.9 Å². The van der Waals surface area contributed by atoms with Crippen LogP contribution in [0.25, 0.3) is 0 Å². The van der Waals surface area contributed by atoms with Gasteiger partial charge in [0.2, 0.25) is 0 Å². The molecule has 1 N–H and O–H groups in total. The summed E-state index contributed by atoms with van der Waals surface area (Å²) in [5, 5.41) is 2.74. The monoisotopic (exact) mass is 249 g/mol.